The van der Waals surface area contributed by atoms with Gasteiger partial charge in [0.25, 0.3) is 5.91 Å². The Morgan fingerprint density at radius 2 is 1.48 bits per heavy atom. The molecule has 2 heterocycles. The van der Waals surface area contributed by atoms with Crippen LogP contribution in [-0.4, -0.2) is 45.9 Å². The van der Waals surface area contributed by atoms with Crippen LogP contribution < -0.4 is 4.90 Å². The van der Waals surface area contributed by atoms with Gasteiger partial charge in [-0.1, -0.05) is 35.9 Å². The number of benzene rings is 2. The topological polar surface area (TPSA) is 49.3 Å². The van der Waals surface area contributed by atoms with Gasteiger partial charge in [-0.05, 0) is 55.3 Å². The third-order valence-corrected chi connectivity index (χ3v) is 5.62. The van der Waals surface area contributed by atoms with E-state index < -0.39 is 0 Å². The number of piperazine rings is 1. The van der Waals surface area contributed by atoms with E-state index in [0.717, 1.165) is 11.1 Å². The number of halogens is 1. The third-order valence-electron chi connectivity index (χ3n) is 5.37. The molecule has 0 unspecified atom stereocenters. The molecule has 1 aliphatic heterocycles. The first kappa shape index (κ1) is 19.4. The van der Waals surface area contributed by atoms with Gasteiger partial charge in [-0.15, -0.1) is 0 Å². The normalized spacial score (nSPS) is 19.3. The summed E-state index contributed by atoms with van der Waals surface area (Å²) in [7, 11) is 0. The maximum atomic E-state index is 13.2. The minimum Gasteiger partial charge on any atom is -0.334 e. The van der Waals surface area contributed by atoms with Gasteiger partial charge in [-0.2, -0.15) is 0 Å². The van der Waals surface area contributed by atoms with E-state index in [1.54, 1.807) is 12.4 Å². The molecule has 148 valence electrons. The molecule has 2 atom stereocenters. The molecule has 3 aromatic rings. The van der Waals surface area contributed by atoms with E-state index in [2.05, 4.69) is 28.7 Å². The molecule has 5 nitrogen and oxygen atoms in total. The largest absolute Gasteiger partial charge is 0.334 e. The van der Waals surface area contributed by atoms with Gasteiger partial charge in [-0.25, -0.2) is 9.97 Å². The Balaban J connectivity index is 1.49. The van der Waals surface area contributed by atoms with E-state index in [1.165, 1.54) is 0 Å². The zero-order valence-electron chi connectivity index (χ0n) is 16.5. The number of carbonyl (C=O) groups excluding carboxylic acids is 1. The van der Waals surface area contributed by atoms with Gasteiger partial charge in [-0.3, -0.25) is 4.79 Å². The van der Waals surface area contributed by atoms with Gasteiger partial charge in [0.05, 0.1) is 0 Å². The number of aromatic nitrogens is 2. The molecule has 1 amide bonds. The summed E-state index contributed by atoms with van der Waals surface area (Å²) >= 11 is 5.97. The average molecular weight is 407 g/mol. The van der Waals surface area contributed by atoms with Crippen molar-refractivity contribution in [2.45, 2.75) is 25.9 Å². The van der Waals surface area contributed by atoms with Crippen molar-refractivity contribution in [1.29, 1.82) is 0 Å². The second kappa shape index (κ2) is 8.21. The first-order valence-electron chi connectivity index (χ1n) is 9.73. The molecule has 0 bridgehead atoms. The highest BCUT2D eigenvalue weighted by Crippen LogP contribution is 2.24. The Bertz CT molecular complexity index is 976. The predicted octanol–water partition coefficient (Wildman–Crippen LogP) is 4.54. The predicted molar refractivity (Wildman–Crippen MR) is 116 cm³/mol. The molecule has 4 rings (SSSR count). The van der Waals surface area contributed by atoms with Gasteiger partial charge >= 0.3 is 0 Å². The van der Waals surface area contributed by atoms with Crippen LogP contribution in [0.2, 0.25) is 5.02 Å². The van der Waals surface area contributed by atoms with E-state index in [0.29, 0.717) is 29.6 Å². The molecule has 1 saturated heterocycles. The standard InChI is InChI=1S/C23H23ClN4O/c1-16-15-28(23-25-12-3-13-26-23)17(2)14-27(16)22(29)20-6-4-18(5-7-20)19-8-10-21(24)11-9-19/h3-13,16-17H,14-15H2,1-2H3/t16-,17-/m0/s1. The van der Waals surface area contributed by atoms with Crippen molar-refractivity contribution in [3.05, 3.63) is 77.6 Å². The summed E-state index contributed by atoms with van der Waals surface area (Å²) in [5.74, 6) is 0.770. The lowest BCUT2D eigenvalue weighted by atomic mass is 10.0. The molecule has 1 aliphatic rings. The Kier molecular flexibility index (Phi) is 5.49. The number of anilines is 1. The van der Waals surface area contributed by atoms with Crippen molar-refractivity contribution >= 4 is 23.5 Å². The van der Waals surface area contributed by atoms with Gasteiger partial charge in [0.1, 0.15) is 0 Å². The third kappa shape index (κ3) is 4.10. The number of rotatable bonds is 3. The smallest absolute Gasteiger partial charge is 0.254 e. The zero-order valence-corrected chi connectivity index (χ0v) is 17.3. The van der Waals surface area contributed by atoms with Crippen LogP contribution in [0.5, 0.6) is 0 Å². The zero-order chi connectivity index (χ0) is 20.4. The fourth-order valence-corrected chi connectivity index (χ4v) is 3.87. The van der Waals surface area contributed by atoms with Crippen molar-refractivity contribution in [3.63, 3.8) is 0 Å². The molecule has 1 fully saturated rings. The van der Waals surface area contributed by atoms with E-state index in [1.807, 2.05) is 59.5 Å². The van der Waals surface area contributed by atoms with E-state index in [4.69, 9.17) is 11.6 Å². The van der Waals surface area contributed by atoms with Crippen LogP contribution >= 0.6 is 11.6 Å². The van der Waals surface area contributed by atoms with Crippen LogP contribution in [0.25, 0.3) is 11.1 Å². The van der Waals surface area contributed by atoms with Crippen LogP contribution in [0.1, 0.15) is 24.2 Å². The SMILES string of the molecule is C[C@H]1CN(c2ncccn2)[C@@H](C)CN1C(=O)c1ccc(-c2ccc(Cl)cc2)cc1. The summed E-state index contributed by atoms with van der Waals surface area (Å²) < 4.78 is 0. The molecule has 0 radical (unpaired) electrons. The summed E-state index contributed by atoms with van der Waals surface area (Å²) in [5, 5.41) is 0.712. The number of nitrogens with zero attached hydrogens (tertiary/aromatic N) is 4. The van der Waals surface area contributed by atoms with Crippen molar-refractivity contribution in [2.75, 3.05) is 18.0 Å². The molecule has 0 spiro atoms. The van der Waals surface area contributed by atoms with Crippen molar-refractivity contribution in [2.24, 2.45) is 0 Å². The molecule has 0 N–H and O–H groups in total. The number of amides is 1. The van der Waals surface area contributed by atoms with E-state index >= 15 is 0 Å². The molecular formula is C23H23ClN4O. The number of hydrogen-bond acceptors (Lipinski definition) is 4. The molecular weight excluding hydrogens is 384 g/mol. The summed E-state index contributed by atoms with van der Waals surface area (Å²) in [6.45, 7) is 5.52. The van der Waals surface area contributed by atoms with E-state index in [9.17, 15) is 4.79 Å². The molecule has 1 aromatic heterocycles. The van der Waals surface area contributed by atoms with Gasteiger partial charge < -0.3 is 9.80 Å². The fourth-order valence-electron chi connectivity index (χ4n) is 3.74. The minimum atomic E-state index is 0.0561. The summed E-state index contributed by atoms with van der Waals surface area (Å²) in [5.41, 5.74) is 2.84. The van der Waals surface area contributed by atoms with Gasteiger partial charge in [0.15, 0.2) is 0 Å². The lowest BCUT2D eigenvalue weighted by Gasteiger charge is -2.44. The monoisotopic (exact) mass is 406 g/mol. The molecule has 0 aliphatic carbocycles. The van der Waals surface area contributed by atoms with Crippen LogP contribution in [-0.2, 0) is 0 Å². The highest BCUT2D eigenvalue weighted by Gasteiger charge is 2.33. The van der Waals surface area contributed by atoms with Crippen molar-refractivity contribution in [3.8, 4) is 11.1 Å². The summed E-state index contributed by atoms with van der Waals surface area (Å²) in [6, 6.07) is 17.5. The lowest BCUT2D eigenvalue weighted by Crippen LogP contribution is -2.58. The van der Waals surface area contributed by atoms with Crippen LogP contribution in [0.4, 0.5) is 5.95 Å². The second-order valence-electron chi connectivity index (χ2n) is 7.44. The minimum absolute atomic E-state index is 0.0561. The maximum absolute atomic E-state index is 13.2. The van der Waals surface area contributed by atoms with Crippen molar-refractivity contribution in [1.82, 2.24) is 14.9 Å². The molecule has 2 aromatic carbocycles. The van der Waals surface area contributed by atoms with Crippen molar-refractivity contribution < 1.29 is 4.79 Å². The van der Waals surface area contributed by atoms with Crippen LogP contribution in [0, 0.1) is 0 Å². The maximum Gasteiger partial charge on any atom is 0.254 e. The molecule has 0 saturated carbocycles. The van der Waals surface area contributed by atoms with E-state index in [-0.39, 0.29) is 18.0 Å². The summed E-state index contributed by atoms with van der Waals surface area (Å²) in [4.78, 5) is 26.0. The van der Waals surface area contributed by atoms with Gasteiger partial charge in [0.2, 0.25) is 5.95 Å². The molecule has 6 heteroatoms. The highest BCUT2D eigenvalue weighted by molar-refractivity contribution is 6.30. The Morgan fingerprint density at radius 3 is 2.10 bits per heavy atom. The fraction of sp³-hybridized carbons (Fsp3) is 0.261. The number of carbonyl (C=O) groups is 1. The Morgan fingerprint density at radius 1 is 0.897 bits per heavy atom. The summed E-state index contributed by atoms with van der Waals surface area (Å²) in [6.07, 6.45) is 3.50. The molecule has 29 heavy (non-hydrogen) atoms. The first-order valence-corrected chi connectivity index (χ1v) is 10.1. The van der Waals surface area contributed by atoms with Crippen LogP contribution in [0.3, 0.4) is 0 Å². The Labute approximate surface area is 176 Å². The quantitative estimate of drug-likeness (QED) is 0.640. The average Bonchev–Trinajstić information content (AvgIpc) is 2.76. The number of hydrogen-bond donors (Lipinski definition) is 0. The highest BCUT2D eigenvalue weighted by atomic mass is 35.5. The van der Waals surface area contributed by atoms with Gasteiger partial charge in [0, 0.05) is 48.2 Å². The lowest BCUT2D eigenvalue weighted by molar-refractivity contribution is 0.0643. The second-order valence-corrected chi connectivity index (χ2v) is 7.88. The Hall–Kier alpha value is -2.92. The van der Waals surface area contributed by atoms with Crippen LogP contribution in [0.15, 0.2) is 67.0 Å². The first-order chi connectivity index (χ1) is 14.0.